The lowest BCUT2D eigenvalue weighted by atomic mass is 9.94. The van der Waals surface area contributed by atoms with E-state index in [2.05, 4.69) is 65.4 Å². The van der Waals surface area contributed by atoms with E-state index >= 15 is 0 Å². The molecule has 27 heavy (non-hydrogen) atoms. The number of rotatable bonds is 2. The van der Waals surface area contributed by atoms with Gasteiger partial charge in [-0.15, -0.1) is 0 Å². The van der Waals surface area contributed by atoms with Crippen molar-refractivity contribution in [2.45, 2.75) is 39.3 Å². The average molecular weight is 364 g/mol. The van der Waals surface area contributed by atoms with Crippen molar-refractivity contribution in [3.8, 4) is 0 Å². The van der Waals surface area contributed by atoms with Gasteiger partial charge in [0, 0.05) is 18.4 Å². The van der Waals surface area contributed by atoms with Crippen LogP contribution in [0.2, 0.25) is 0 Å². The van der Waals surface area contributed by atoms with Crippen LogP contribution in [-0.4, -0.2) is 28.6 Å². The van der Waals surface area contributed by atoms with Gasteiger partial charge >= 0.3 is 0 Å². The molecule has 2 unspecified atom stereocenters. The van der Waals surface area contributed by atoms with Crippen LogP contribution < -0.4 is 5.32 Å². The van der Waals surface area contributed by atoms with Crippen LogP contribution in [0.1, 0.15) is 37.9 Å². The zero-order chi connectivity index (χ0) is 19.0. The summed E-state index contributed by atoms with van der Waals surface area (Å²) in [4.78, 5) is 4.66. The number of aliphatic imine (C=N–C) groups is 1. The SMILES string of the molecule is CC1=CN=C(Nc2ccc(F)cc2)N(N2CCc3ccccc3C2C)C1C. The molecular formula is C22H25FN4. The molecule has 2 aromatic rings. The second kappa shape index (κ2) is 7.16. The number of benzene rings is 2. The highest BCUT2D eigenvalue weighted by atomic mass is 19.1. The summed E-state index contributed by atoms with van der Waals surface area (Å²) in [7, 11) is 0. The van der Waals surface area contributed by atoms with E-state index in [0.29, 0.717) is 0 Å². The van der Waals surface area contributed by atoms with Gasteiger partial charge in [0.1, 0.15) is 5.82 Å². The maximum absolute atomic E-state index is 13.3. The van der Waals surface area contributed by atoms with Gasteiger partial charge in [-0.05, 0) is 68.2 Å². The zero-order valence-electron chi connectivity index (χ0n) is 16.0. The number of fused-ring (bicyclic) bond motifs is 1. The highest BCUT2D eigenvalue weighted by Gasteiger charge is 2.34. The first kappa shape index (κ1) is 17.7. The third-order valence-corrected chi connectivity index (χ3v) is 5.57. The Kier molecular flexibility index (Phi) is 4.70. The molecule has 0 amide bonds. The van der Waals surface area contributed by atoms with Crippen LogP contribution in [0.25, 0.3) is 0 Å². The molecule has 0 fully saturated rings. The summed E-state index contributed by atoms with van der Waals surface area (Å²) in [6.45, 7) is 7.48. The minimum Gasteiger partial charge on any atom is -0.325 e. The molecule has 1 N–H and O–H groups in total. The predicted molar refractivity (Wildman–Crippen MR) is 108 cm³/mol. The molecule has 4 nitrogen and oxygen atoms in total. The Morgan fingerprint density at radius 3 is 2.56 bits per heavy atom. The molecule has 2 heterocycles. The summed E-state index contributed by atoms with van der Waals surface area (Å²) in [6, 6.07) is 15.5. The molecule has 0 bridgehead atoms. The first-order valence-electron chi connectivity index (χ1n) is 9.45. The van der Waals surface area contributed by atoms with Crippen molar-refractivity contribution in [2.75, 3.05) is 11.9 Å². The monoisotopic (exact) mass is 364 g/mol. The topological polar surface area (TPSA) is 30.9 Å². The van der Waals surface area contributed by atoms with E-state index in [4.69, 9.17) is 0 Å². The van der Waals surface area contributed by atoms with Crippen LogP contribution in [0.4, 0.5) is 10.1 Å². The van der Waals surface area contributed by atoms with Gasteiger partial charge in [-0.25, -0.2) is 14.4 Å². The largest absolute Gasteiger partial charge is 0.325 e. The number of hydrazine groups is 1. The van der Waals surface area contributed by atoms with E-state index in [-0.39, 0.29) is 17.9 Å². The lowest BCUT2D eigenvalue weighted by molar-refractivity contribution is -0.0202. The van der Waals surface area contributed by atoms with Crippen LogP contribution >= 0.6 is 0 Å². The second-order valence-corrected chi connectivity index (χ2v) is 7.27. The molecule has 140 valence electrons. The third kappa shape index (κ3) is 3.35. The van der Waals surface area contributed by atoms with Gasteiger partial charge < -0.3 is 5.32 Å². The molecular weight excluding hydrogens is 339 g/mol. The molecule has 0 radical (unpaired) electrons. The van der Waals surface area contributed by atoms with Gasteiger partial charge in [-0.1, -0.05) is 24.3 Å². The van der Waals surface area contributed by atoms with Gasteiger partial charge in [0.25, 0.3) is 0 Å². The standard InChI is InChI=1S/C22H25FN4/c1-15-14-24-22(25-20-10-8-19(23)9-11-20)27(16(15)2)26-13-12-18-6-4-5-7-21(18)17(26)3/h4-11,14,16-17H,12-13H2,1-3H3,(H,24,25). The van der Waals surface area contributed by atoms with Crippen molar-refractivity contribution in [1.82, 2.24) is 10.0 Å². The zero-order valence-corrected chi connectivity index (χ0v) is 16.0. The van der Waals surface area contributed by atoms with E-state index < -0.39 is 0 Å². The molecule has 5 heteroatoms. The van der Waals surface area contributed by atoms with Crippen molar-refractivity contribution in [3.05, 3.63) is 77.2 Å². The third-order valence-electron chi connectivity index (χ3n) is 5.57. The van der Waals surface area contributed by atoms with Crippen molar-refractivity contribution in [1.29, 1.82) is 0 Å². The van der Waals surface area contributed by atoms with Crippen molar-refractivity contribution in [3.63, 3.8) is 0 Å². The molecule has 0 spiro atoms. The van der Waals surface area contributed by atoms with E-state index in [9.17, 15) is 4.39 Å². The fourth-order valence-electron chi connectivity index (χ4n) is 3.86. The Morgan fingerprint density at radius 2 is 1.78 bits per heavy atom. The highest BCUT2D eigenvalue weighted by Crippen LogP contribution is 2.33. The van der Waals surface area contributed by atoms with Crippen LogP contribution in [0.5, 0.6) is 0 Å². The Labute approximate surface area is 160 Å². The number of hydrogen-bond acceptors (Lipinski definition) is 4. The van der Waals surface area contributed by atoms with Gasteiger partial charge in [0.2, 0.25) is 5.96 Å². The quantitative estimate of drug-likeness (QED) is 0.835. The number of nitrogens with zero attached hydrogens (tertiary/aromatic N) is 3. The van der Waals surface area contributed by atoms with Crippen LogP contribution in [0.3, 0.4) is 0 Å². The van der Waals surface area contributed by atoms with Crippen molar-refractivity contribution < 1.29 is 4.39 Å². The second-order valence-electron chi connectivity index (χ2n) is 7.27. The molecule has 0 aromatic heterocycles. The van der Waals surface area contributed by atoms with Gasteiger partial charge in [0.15, 0.2) is 0 Å². The minimum absolute atomic E-state index is 0.193. The first-order valence-corrected chi connectivity index (χ1v) is 9.45. The molecule has 0 saturated heterocycles. The number of hydrogen-bond donors (Lipinski definition) is 1. The number of halogens is 1. The van der Waals surface area contributed by atoms with E-state index in [1.165, 1.54) is 28.8 Å². The lowest BCUT2D eigenvalue weighted by Crippen LogP contribution is -2.57. The summed E-state index contributed by atoms with van der Waals surface area (Å²) in [5.41, 5.74) is 4.82. The Bertz CT molecular complexity index is 887. The molecule has 2 atom stereocenters. The number of nitrogens with one attached hydrogen (secondary N) is 1. The fraction of sp³-hybridized carbons (Fsp3) is 0.318. The highest BCUT2D eigenvalue weighted by molar-refractivity contribution is 5.94. The summed E-state index contributed by atoms with van der Waals surface area (Å²) >= 11 is 0. The lowest BCUT2D eigenvalue weighted by Gasteiger charge is -2.47. The Hall–Kier alpha value is -2.66. The average Bonchev–Trinajstić information content (AvgIpc) is 2.68. The molecule has 2 aliphatic heterocycles. The smallest absolute Gasteiger partial charge is 0.218 e. The van der Waals surface area contributed by atoms with Crippen LogP contribution in [0, 0.1) is 5.82 Å². The van der Waals surface area contributed by atoms with Crippen molar-refractivity contribution in [2.24, 2.45) is 4.99 Å². The first-order chi connectivity index (χ1) is 13.0. The summed E-state index contributed by atoms with van der Waals surface area (Å²) in [5.74, 6) is 0.527. The Balaban J connectivity index is 1.65. The van der Waals surface area contributed by atoms with Gasteiger partial charge in [-0.3, -0.25) is 5.01 Å². The van der Waals surface area contributed by atoms with Crippen LogP contribution in [-0.2, 0) is 6.42 Å². The normalized spacial score (nSPS) is 22.7. The fourth-order valence-corrected chi connectivity index (χ4v) is 3.86. The maximum atomic E-state index is 13.3. The molecule has 0 aliphatic carbocycles. The van der Waals surface area contributed by atoms with Gasteiger partial charge in [-0.2, -0.15) is 0 Å². The summed E-state index contributed by atoms with van der Waals surface area (Å²) < 4.78 is 13.3. The van der Waals surface area contributed by atoms with E-state index in [1.807, 2.05) is 6.20 Å². The predicted octanol–water partition coefficient (Wildman–Crippen LogP) is 4.74. The summed E-state index contributed by atoms with van der Waals surface area (Å²) in [5, 5.41) is 8.01. The molecule has 4 rings (SSSR count). The molecule has 2 aliphatic rings. The summed E-state index contributed by atoms with van der Waals surface area (Å²) in [6.07, 6.45) is 2.92. The minimum atomic E-state index is -0.242. The maximum Gasteiger partial charge on any atom is 0.218 e. The number of anilines is 1. The van der Waals surface area contributed by atoms with E-state index in [0.717, 1.165) is 24.6 Å². The van der Waals surface area contributed by atoms with E-state index in [1.54, 1.807) is 12.1 Å². The molecule has 0 saturated carbocycles. The molecule has 2 aromatic carbocycles. The Morgan fingerprint density at radius 1 is 1.04 bits per heavy atom. The van der Waals surface area contributed by atoms with Crippen LogP contribution in [0.15, 0.2) is 65.3 Å². The number of guanidine groups is 1. The van der Waals surface area contributed by atoms with Gasteiger partial charge in [0.05, 0.1) is 12.1 Å². The van der Waals surface area contributed by atoms with Crippen molar-refractivity contribution >= 4 is 11.6 Å².